The Morgan fingerprint density at radius 1 is 1.00 bits per heavy atom. The van der Waals surface area contributed by atoms with Gasteiger partial charge in [0.25, 0.3) is 0 Å². The Labute approximate surface area is 109 Å². The summed E-state index contributed by atoms with van der Waals surface area (Å²) in [5, 5.41) is 6.10. The van der Waals surface area contributed by atoms with Gasteiger partial charge < -0.3 is 5.32 Å². The molecular formula is C14H10ClN3. The number of fused-ring (bicyclic) bond motifs is 1. The van der Waals surface area contributed by atoms with E-state index >= 15 is 0 Å². The largest absolute Gasteiger partial charge is 0.340 e. The first-order chi connectivity index (χ1) is 8.83. The Morgan fingerprint density at radius 2 is 1.94 bits per heavy atom. The van der Waals surface area contributed by atoms with Crippen LogP contribution in [0, 0.1) is 0 Å². The summed E-state index contributed by atoms with van der Waals surface area (Å²) in [5.74, 6) is 0.760. The van der Waals surface area contributed by atoms with E-state index in [0.717, 1.165) is 22.3 Å². The predicted molar refractivity (Wildman–Crippen MR) is 74.3 cm³/mol. The molecule has 88 valence electrons. The summed E-state index contributed by atoms with van der Waals surface area (Å²) < 4.78 is 0. The van der Waals surface area contributed by atoms with Crippen LogP contribution in [0.4, 0.5) is 11.5 Å². The van der Waals surface area contributed by atoms with E-state index in [1.807, 2.05) is 30.5 Å². The van der Waals surface area contributed by atoms with Crippen LogP contribution in [0.2, 0.25) is 5.02 Å². The Kier molecular flexibility index (Phi) is 2.82. The van der Waals surface area contributed by atoms with Crippen LogP contribution in [0.1, 0.15) is 0 Å². The van der Waals surface area contributed by atoms with Crippen molar-refractivity contribution in [3.63, 3.8) is 0 Å². The minimum atomic E-state index is 0.625. The third-order valence-corrected chi connectivity index (χ3v) is 2.90. The van der Waals surface area contributed by atoms with Gasteiger partial charge in [0.15, 0.2) is 0 Å². The molecule has 4 heteroatoms. The molecule has 1 N–H and O–H groups in total. The van der Waals surface area contributed by atoms with E-state index in [4.69, 9.17) is 11.6 Å². The van der Waals surface area contributed by atoms with E-state index in [0.29, 0.717) is 5.02 Å². The molecule has 0 saturated carbocycles. The fourth-order valence-electron chi connectivity index (χ4n) is 1.81. The predicted octanol–water partition coefficient (Wildman–Crippen LogP) is 4.03. The first kappa shape index (κ1) is 11.0. The number of nitrogens with one attached hydrogen (secondary N) is 1. The second-order valence-electron chi connectivity index (χ2n) is 3.89. The molecule has 2 aromatic heterocycles. The van der Waals surface area contributed by atoms with Gasteiger partial charge in [-0.15, -0.1) is 0 Å². The molecule has 0 atom stereocenters. The summed E-state index contributed by atoms with van der Waals surface area (Å²) in [5.41, 5.74) is 0.982. The van der Waals surface area contributed by atoms with E-state index < -0.39 is 0 Å². The maximum atomic E-state index is 5.81. The molecule has 0 aliphatic heterocycles. The summed E-state index contributed by atoms with van der Waals surface area (Å²) in [6.07, 6.45) is 5.24. The van der Waals surface area contributed by atoms with E-state index in [-0.39, 0.29) is 0 Å². The minimum Gasteiger partial charge on any atom is -0.340 e. The van der Waals surface area contributed by atoms with E-state index in [1.54, 1.807) is 18.5 Å². The molecular weight excluding hydrogens is 246 g/mol. The first-order valence-electron chi connectivity index (χ1n) is 5.54. The lowest BCUT2D eigenvalue weighted by Crippen LogP contribution is -1.93. The number of aromatic nitrogens is 2. The number of hydrogen-bond donors (Lipinski definition) is 1. The smallest absolute Gasteiger partial charge is 0.130 e. The normalized spacial score (nSPS) is 10.5. The highest BCUT2D eigenvalue weighted by Crippen LogP contribution is 2.25. The van der Waals surface area contributed by atoms with Gasteiger partial charge >= 0.3 is 0 Å². The molecule has 0 unspecified atom stereocenters. The van der Waals surface area contributed by atoms with Crippen LogP contribution >= 0.6 is 11.6 Å². The van der Waals surface area contributed by atoms with Crippen molar-refractivity contribution in [3.8, 4) is 0 Å². The fraction of sp³-hybridized carbons (Fsp3) is 0. The zero-order chi connectivity index (χ0) is 12.4. The topological polar surface area (TPSA) is 37.8 Å². The molecule has 3 aromatic rings. The number of benzene rings is 1. The molecule has 0 spiro atoms. The number of hydrogen-bond acceptors (Lipinski definition) is 3. The molecule has 0 aliphatic carbocycles. The molecule has 0 fully saturated rings. The van der Waals surface area contributed by atoms with Crippen LogP contribution in [0.25, 0.3) is 10.8 Å². The average Bonchev–Trinajstić information content (AvgIpc) is 2.42. The second kappa shape index (κ2) is 4.63. The van der Waals surface area contributed by atoms with Crippen molar-refractivity contribution >= 4 is 33.9 Å². The lowest BCUT2D eigenvalue weighted by atomic mass is 10.1. The van der Waals surface area contributed by atoms with Crippen LogP contribution < -0.4 is 5.32 Å². The molecule has 0 saturated heterocycles. The fourth-order valence-corrected chi connectivity index (χ4v) is 1.92. The van der Waals surface area contributed by atoms with Crippen molar-refractivity contribution in [2.45, 2.75) is 0 Å². The van der Waals surface area contributed by atoms with Crippen LogP contribution in [-0.4, -0.2) is 9.97 Å². The first-order valence-corrected chi connectivity index (χ1v) is 5.92. The van der Waals surface area contributed by atoms with Crippen molar-refractivity contribution in [1.82, 2.24) is 9.97 Å². The van der Waals surface area contributed by atoms with Gasteiger partial charge in [0, 0.05) is 29.7 Å². The quantitative estimate of drug-likeness (QED) is 0.751. The van der Waals surface area contributed by atoms with Crippen LogP contribution in [-0.2, 0) is 0 Å². The van der Waals surface area contributed by atoms with E-state index in [2.05, 4.69) is 21.4 Å². The van der Waals surface area contributed by atoms with Gasteiger partial charge in [-0.25, -0.2) is 4.98 Å². The van der Waals surface area contributed by atoms with Crippen LogP contribution in [0.15, 0.2) is 55.0 Å². The highest BCUT2D eigenvalue weighted by atomic mass is 35.5. The highest BCUT2D eigenvalue weighted by molar-refractivity contribution is 6.30. The van der Waals surface area contributed by atoms with E-state index in [1.165, 1.54) is 0 Å². The van der Waals surface area contributed by atoms with Gasteiger partial charge in [-0.05, 0) is 29.7 Å². The summed E-state index contributed by atoms with van der Waals surface area (Å²) in [6, 6.07) is 11.7. The lowest BCUT2D eigenvalue weighted by molar-refractivity contribution is 1.31. The van der Waals surface area contributed by atoms with Gasteiger partial charge in [0.05, 0.1) is 5.02 Å². The highest BCUT2D eigenvalue weighted by Gasteiger charge is 2.01. The Hall–Kier alpha value is -2.13. The van der Waals surface area contributed by atoms with Crippen molar-refractivity contribution in [3.05, 3.63) is 60.0 Å². The third-order valence-electron chi connectivity index (χ3n) is 2.67. The van der Waals surface area contributed by atoms with Crippen LogP contribution in [0.3, 0.4) is 0 Å². The molecule has 0 aliphatic rings. The Balaban J connectivity index is 2.02. The third kappa shape index (κ3) is 2.13. The second-order valence-corrected chi connectivity index (χ2v) is 4.33. The Bertz CT molecular complexity index is 675. The van der Waals surface area contributed by atoms with Gasteiger partial charge in [-0.2, -0.15) is 0 Å². The van der Waals surface area contributed by atoms with Crippen molar-refractivity contribution in [2.24, 2.45) is 0 Å². The number of anilines is 2. The molecule has 18 heavy (non-hydrogen) atoms. The van der Waals surface area contributed by atoms with Gasteiger partial charge in [-0.3, -0.25) is 4.98 Å². The molecule has 0 amide bonds. The van der Waals surface area contributed by atoms with Crippen molar-refractivity contribution < 1.29 is 0 Å². The standard InChI is InChI=1S/C14H10ClN3/c15-11-4-5-14(17-8-11)18-13-3-1-2-10-6-7-16-9-12(10)13/h1-9H,(H,17,18). The molecule has 1 aromatic carbocycles. The molecule has 0 radical (unpaired) electrons. The maximum absolute atomic E-state index is 5.81. The Morgan fingerprint density at radius 3 is 2.78 bits per heavy atom. The van der Waals surface area contributed by atoms with E-state index in [9.17, 15) is 0 Å². The monoisotopic (exact) mass is 255 g/mol. The molecule has 2 heterocycles. The molecule has 3 rings (SSSR count). The minimum absolute atomic E-state index is 0.625. The van der Waals surface area contributed by atoms with Crippen molar-refractivity contribution in [2.75, 3.05) is 5.32 Å². The zero-order valence-corrected chi connectivity index (χ0v) is 10.2. The number of pyridine rings is 2. The van der Waals surface area contributed by atoms with Gasteiger partial charge in [0.2, 0.25) is 0 Å². The molecule has 3 nitrogen and oxygen atoms in total. The zero-order valence-electron chi connectivity index (χ0n) is 9.47. The van der Waals surface area contributed by atoms with Gasteiger partial charge in [0.1, 0.15) is 5.82 Å². The van der Waals surface area contributed by atoms with Gasteiger partial charge in [-0.1, -0.05) is 23.7 Å². The summed E-state index contributed by atoms with van der Waals surface area (Å²) in [7, 11) is 0. The number of nitrogens with zero attached hydrogens (tertiary/aromatic N) is 2. The van der Waals surface area contributed by atoms with Crippen LogP contribution in [0.5, 0.6) is 0 Å². The number of rotatable bonds is 2. The summed E-state index contributed by atoms with van der Waals surface area (Å²) >= 11 is 5.81. The average molecular weight is 256 g/mol. The SMILES string of the molecule is Clc1ccc(Nc2cccc3ccncc23)nc1. The summed E-state index contributed by atoms with van der Waals surface area (Å²) in [6.45, 7) is 0. The maximum Gasteiger partial charge on any atom is 0.130 e. The lowest BCUT2D eigenvalue weighted by Gasteiger charge is -2.08. The van der Waals surface area contributed by atoms with Crippen molar-refractivity contribution in [1.29, 1.82) is 0 Å². The summed E-state index contributed by atoms with van der Waals surface area (Å²) in [4.78, 5) is 8.36. The molecule has 0 bridgehead atoms. The number of halogens is 1.